The van der Waals surface area contributed by atoms with E-state index in [9.17, 15) is 37.7 Å². The minimum Gasteiger partial charge on any atom is -0.449 e. The molecule has 0 bridgehead atoms. The summed E-state index contributed by atoms with van der Waals surface area (Å²) in [7, 11) is 1.46. The number of benzene rings is 2. The minimum atomic E-state index is -4.65. The third kappa shape index (κ3) is 4.86. The fourth-order valence-electron chi connectivity index (χ4n) is 3.18. The van der Waals surface area contributed by atoms with Crippen LogP contribution in [0.1, 0.15) is 22.8 Å². The predicted octanol–water partition coefficient (Wildman–Crippen LogP) is 3.19. The van der Waals surface area contributed by atoms with E-state index in [-0.39, 0.29) is 28.3 Å². The molecule has 0 radical (unpaired) electrons. The molecule has 13 heteroatoms. The fraction of sp³-hybridized carbons (Fsp3) is 0.250. The van der Waals surface area contributed by atoms with Crippen molar-refractivity contribution in [2.45, 2.75) is 19.2 Å². The summed E-state index contributed by atoms with van der Waals surface area (Å²) in [6.45, 7) is 0.717. The van der Waals surface area contributed by atoms with E-state index in [1.807, 2.05) is 0 Å². The lowest BCUT2D eigenvalue weighted by atomic mass is 10.1. The second kappa shape index (κ2) is 8.76. The zero-order valence-corrected chi connectivity index (χ0v) is 17.2. The SMILES string of the molecule is CNc1ccc(C(=O)OC(C)C(=O)N2CC(=O)Nc3cc(C(F)(F)F)ccc32)cc1[N+](=O)[O-]. The van der Waals surface area contributed by atoms with Crippen molar-refractivity contribution in [3.8, 4) is 0 Å². The molecule has 2 amide bonds. The van der Waals surface area contributed by atoms with Crippen molar-refractivity contribution < 1.29 is 37.2 Å². The Bertz CT molecular complexity index is 1150. The van der Waals surface area contributed by atoms with E-state index in [1.165, 1.54) is 26.1 Å². The van der Waals surface area contributed by atoms with E-state index in [0.717, 1.165) is 23.1 Å². The Hall–Kier alpha value is -4.16. The number of hydrogen-bond donors (Lipinski definition) is 2. The highest BCUT2D eigenvalue weighted by Crippen LogP contribution is 2.37. The van der Waals surface area contributed by atoms with Crippen LogP contribution in [-0.4, -0.2) is 42.4 Å². The van der Waals surface area contributed by atoms with E-state index in [0.29, 0.717) is 6.07 Å². The summed E-state index contributed by atoms with van der Waals surface area (Å²) >= 11 is 0. The Balaban J connectivity index is 1.82. The van der Waals surface area contributed by atoms with Gasteiger partial charge < -0.3 is 15.4 Å². The maximum Gasteiger partial charge on any atom is 0.416 e. The van der Waals surface area contributed by atoms with Gasteiger partial charge in [0.2, 0.25) is 5.91 Å². The molecule has 2 aromatic carbocycles. The fourth-order valence-corrected chi connectivity index (χ4v) is 3.18. The van der Waals surface area contributed by atoms with Gasteiger partial charge in [-0.25, -0.2) is 4.79 Å². The lowest BCUT2D eigenvalue weighted by molar-refractivity contribution is -0.384. The third-order valence-electron chi connectivity index (χ3n) is 4.79. The lowest BCUT2D eigenvalue weighted by Crippen LogP contribution is -2.47. The van der Waals surface area contributed by atoms with Crippen LogP contribution in [0.5, 0.6) is 0 Å². The Morgan fingerprint density at radius 2 is 1.94 bits per heavy atom. The molecule has 3 rings (SSSR count). The van der Waals surface area contributed by atoms with Crippen LogP contribution in [0.25, 0.3) is 0 Å². The normalized spacial score (nSPS) is 14.1. The first-order valence-electron chi connectivity index (χ1n) is 9.42. The molecular formula is C20H17F3N4O6. The van der Waals surface area contributed by atoms with Gasteiger partial charge in [0.15, 0.2) is 6.10 Å². The zero-order chi connectivity index (χ0) is 24.5. The number of amides is 2. The predicted molar refractivity (Wildman–Crippen MR) is 110 cm³/mol. The molecule has 2 N–H and O–H groups in total. The van der Waals surface area contributed by atoms with Crippen molar-refractivity contribution in [1.82, 2.24) is 0 Å². The van der Waals surface area contributed by atoms with Gasteiger partial charge in [-0.2, -0.15) is 13.2 Å². The summed E-state index contributed by atoms with van der Waals surface area (Å²) in [6, 6.07) is 6.03. The number of nitrogens with zero attached hydrogens (tertiary/aromatic N) is 2. The third-order valence-corrected chi connectivity index (χ3v) is 4.79. The van der Waals surface area contributed by atoms with Crippen molar-refractivity contribution in [2.75, 3.05) is 29.1 Å². The summed E-state index contributed by atoms with van der Waals surface area (Å²) in [5.41, 5.74) is -1.63. The molecule has 1 heterocycles. The van der Waals surface area contributed by atoms with Gasteiger partial charge in [0.1, 0.15) is 12.2 Å². The molecule has 0 aliphatic carbocycles. The number of nitro groups is 1. The number of fused-ring (bicyclic) bond motifs is 1. The highest BCUT2D eigenvalue weighted by atomic mass is 19.4. The Morgan fingerprint density at radius 1 is 1.24 bits per heavy atom. The Labute approximate surface area is 184 Å². The molecular weight excluding hydrogens is 449 g/mol. The largest absolute Gasteiger partial charge is 0.449 e. The van der Waals surface area contributed by atoms with Crippen molar-refractivity contribution in [1.29, 1.82) is 0 Å². The molecule has 0 spiro atoms. The van der Waals surface area contributed by atoms with Gasteiger partial charge in [-0.3, -0.25) is 24.6 Å². The highest BCUT2D eigenvalue weighted by Gasteiger charge is 2.35. The van der Waals surface area contributed by atoms with Gasteiger partial charge in [-0.05, 0) is 37.3 Å². The van der Waals surface area contributed by atoms with Crippen molar-refractivity contribution in [3.63, 3.8) is 0 Å². The van der Waals surface area contributed by atoms with Gasteiger partial charge in [-0.15, -0.1) is 0 Å². The number of anilines is 3. The molecule has 2 aromatic rings. The van der Waals surface area contributed by atoms with E-state index >= 15 is 0 Å². The van der Waals surface area contributed by atoms with Crippen LogP contribution in [0, 0.1) is 10.1 Å². The summed E-state index contributed by atoms with van der Waals surface area (Å²) in [4.78, 5) is 48.6. The van der Waals surface area contributed by atoms with Crippen LogP contribution in [0.3, 0.4) is 0 Å². The van der Waals surface area contributed by atoms with Crippen LogP contribution in [-0.2, 0) is 20.5 Å². The first-order valence-corrected chi connectivity index (χ1v) is 9.42. The van der Waals surface area contributed by atoms with Gasteiger partial charge in [-0.1, -0.05) is 0 Å². The van der Waals surface area contributed by atoms with E-state index < -0.39 is 47.1 Å². The van der Waals surface area contributed by atoms with E-state index in [2.05, 4.69) is 10.6 Å². The number of hydrogen-bond acceptors (Lipinski definition) is 7. The maximum atomic E-state index is 13.0. The highest BCUT2D eigenvalue weighted by molar-refractivity contribution is 6.11. The van der Waals surface area contributed by atoms with Crippen LogP contribution < -0.4 is 15.5 Å². The number of ether oxygens (including phenoxy) is 1. The quantitative estimate of drug-likeness (QED) is 0.393. The minimum absolute atomic E-state index is 0.00418. The van der Waals surface area contributed by atoms with Crippen molar-refractivity contribution in [3.05, 3.63) is 57.6 Å². The average molecular weight is 466 g/mol. The molecule has 0 fully saturated rings. The number of esters is 1. The van der Waals surface area contributed by atoms with Gasteiger partial charge in [0.25, 0.3) is 11.6 Å². The summed E-state index contributed by atoms with van der Waals surface area (Å²) in [5, 5.41) is 16.1. The molecule has 1 aliphatic heterocycles. The Kier molecular flexibility index (Phi) is 6.24. The topological polar surface area (TPSA) is 131 Å². The first-order chi connectivity index (χ1) is 15.4. The summed E-state index contributed by atoms with van der Waals surface area (Å²) in [6.07, 6.45) is -6.10. The van der Waals surface area contributed by atoms with Gasteiger partial charge in [0, 0.05) is 13.1 Å². The van der Waals surface area contributed by atoms with E-state index in [1.54, 1.807) is 0 Å². The van der Waals surface area contributed by atoms with Crippen molar-refractivity contribution >= 4 is 40.5 Å². The molecule has 0 aromatic heterocycles. The average Bonchev–Trinajstić information content (AvgIpc) is 2.76. The summed E-state index contributed by atoms with van der Waals surface area (Å²) < 4.78 is 44.0. The van der Waals surface area contributed by atoms with Crippen LogP contribution in [0.4, 0.5) is 35.9 Å². The van der Waals surface area contributed by atoms with Crippen molar-refractivity contribution in [2.24, 2.45) is 0 Å². The maximum absolute atomic E-state index is 13.0. The Morgan fingerprint density at radius 3 is 2.55 bits per heavy atom. The molecule has 33 heavy (non-hydrogen) atoms. The van der Waals surface area contributed by atoms with Crippen LogP contribution in [0.2, 0.25) is 0 Å². The molecule has 0 saturated carbocycles. The molecule has 1 unspecified atom stereocenters. The van der Waals surface area contributed by atoms with Crippen LogP contribution >= 0.6 is 0 Å². The van der Waals surface area contributed by atoms with Gasteiger partial charge in [0.05, 0.1) is 27.4 Å². The molecule has 0 saturated heterocycles. The smallest absolute Gasteiger partial charge is 0.416 e. The number of alkyl halides is 3. The number of carbonyl (C=O) groups is 3. The first kappa shape index (κ1) is 23.5. The zero-order valence-electron chi connectivity index (χ0n) is 17.2. The van der Waals surface area contributed by atoms with E-state index in [4.69, 9.17) is 4.74 Å². The number of nitrogens with one attached hydrogen (secondary N) is 2. The number of halogens is 3. The van der Waals surface area contributed by atoms with Crippen LogP contribution in [0.15, 0.2) is 36.4 Å². The molecule has 1 aliphatic rings. The summed E-state index contributed by atoms with van der Waals surface area (Å²) in [5.74, 6) is -2.62. The molecule has 1 atom stereocenters. The number of rotatable bonds is 5. The number of carbonyl (C=O) groups excluding carboxylic acids is 3. The van der Waals surface area contributed by atoms with Gasteiger partial charge >= 0.3 is 12.1 Å². The standard InChI is InChI=1S/C20H17F3N4O6/c1-10(33-19(30)11-3-5-13(24-2)16(7-11)27(31)32)18(29)26-9-17(28)25-14-8-12(20(21,22)23)4-6-15(14)26/h3-8,10,24H,9H2,1-2H3,(H,25,28). The second-order valence-corrected chi connectivity index (χ2v) is 6.99. The molecule has 10 nitrogen and oxygen atoms in total. The lowest BCUT2D eigenvalue weighted by Gasteiger charge is -2.31. The molecule has 174 valence electrons. The number of nitro benzene ring substituents is 1. The monoisotopic (exact) mass is 466 g/mol. The second-order valence-electron chi connectivity index (χ2n) is 6.99.